The molecule has 1 unspecified atom stereocenters. The van der Waals surface area contributed by atoms with Crippen molar-refractivity contribution in [3.05, 3.63) is 33.8 Å². The monoisotopic (exact) mass is 356 g/mol. The van der Waals surface area contributed by atoms with Crippen LogP contribution in [0.15, 0.2) is 16.9 Å². The Morgan fingerprint density at radius 3 is 2.90 bits per heavy atom. The van der Waals surface area contributed by atoms with Crippen molar-refractivity contribution in [2.45, 2.75) is 25.9 Å². The van der Waals surface area contributed by atoms with E-state index < -0.39 is 0 Å². The second kappa shape index (κ2) is 7.17. The van der Waals surface area contributed by atoms with E-state index >= 15 is 0 Å². The first-order valence-electron chi connectivity index (χ1n) is 6.81. The van der Waals surface area contributed by atoms with E-state index in [0.717, 1.165) is 27.8 Å². The van der Waals surface area contributed by atoms with Gasteiger partial charge < -0.3 is 4.74 Å². The minimum atomic E-state index is -0.178. The molecule has 2 heterocycles. The Labute approximate surface area is 132 Å². The molecule has 0 fully saturated rings. The number of rotatable bonds is 7. The number of nitrogens with one attached hydrogen (secondary N) is 1. The van der Waals surface area contributed by atoms with E-state index in [4.69, 9.17) is 10.6 Å². The normalized spacial score (nSPS) is 12.8. The van der Waals surface area contributed by atoms with E-state index in [1.165, 1.54) is 0 Å². The van der Waals surface area contributed by atoms with E-state index in [0.29, 0.717) is 13.2 Å². The second-order valence-corrected chi connectivity index (χ2v) is 5.61. The Morgan fingerprint density at radius 2 is 2.29 bits per heavy atom. The van der Waals surface area contributed by atoms with Crippen molar-refractivity contribution in [3.8, 4) is 0 Å². The first kappa shape index (κ1) is 16.2. The minimum absolute atomic E-state index is 0.178. The van der Waals surface area contributed by atoms with Gasteiger partial charge in [-0.05, 0) is 22.4 Å². The molecule has 0 aromatic carbocycles. The standard InChI is InChI=1S/C13H21BrN6O/c1-4-11-9(8-19(2)18-11)12(17-15)13-10(14)7-16-20(13)5-6-21-3/h7-8,12,17H,4-6,15H2,1-3H3. The lowest BCUT2D eigenvalue weighted by molar-refractivity contribution is 0.182. The molecule has 2 rings (SSSR count). The number of aryl methyl sites for hydroxylation is 2. The molecule has 0 saturated carbocycles. The third-order valence-corrected chi connectivity index (χ3v) is 3.98. The van der Waals surface area contributed by atoms with Crippen molar-refractivity contribution >= 4 is 15.9 Å². The Balaban J connectivity index is 2.43. The van der Waals surface area contributed by atoms with Gasteiger partial charge in [0.1, 0.15) is 0 Å². The summed E-state index contributed by atoms with van der Waals surface area (Å²) in [6.45, 7) is 3.33. The van der Waals surface area contributed by atoms with Gasteiger partial charge in [-0.1, -0.05) is 6.92 Å². The smallest absolute Gasteiger partial charge is 0.0922 e. The molecule has 2 aromatic rings. The molecule has 21 heavy (non-hydrogen) atoms. The molecule has 0 spiro atoms. The fourth-order valence-corrected chi connectivity index (χ4v) is 2.92. The first-order chi connectivity index (χ1) is 10.1. The quantitative estimate of drug-likeness (QED) is 0.574. The van der Waals surface area contributed by atoms with Gasteiger partial charge in [-0.25, -0.2) is 5.43 Å². The van der Waals surface area contributed by atoms with Crippen molar-refractivity contribution in [1.29, 1.82) is 0 Å². The maximum Gasteiger partial charge on any atom is 0.0922 e. The number of methoxy groups -OCH3 is 1. The van der Waals surface area contributed by atoms with E-state index in [-0.39, 0.29) is 6.04 Å². The predicted molar refractivity (Wildman–Crippen MR) is 83.6 cm³/mol. The number of hydrazine groups is 1. The van der Waals surface area contributed by atoms with Crippen LogP contribution < -0.4 is 11.3 Å². The molecule has 3 N–H and O–H groups in total. The van der Waals surface area contributed by atoms with Gasteiger partial charge in [0.2, 0.25) is 0 Å². The highest BCUT2D eigenvalue weighted by atomic mass is 79.9. The van der Waals surface area contributed by atoms with Gasteiger partial charge in [0.25, 0.3) is 0 Å². The summed E-state index contributed by atoms with van der Waals surface area (Å²) in [5, 5.41) is 8.86. The van der Waals surface area contributed by atoms with Crippen LogP contribution in [0.3, 0.4) is 0 Å². The third-order valence-electron chi connectivity index (χ3n) is 3.36. The highest BCUT2D eigenvalue weighted by molar-refractivity contribution is 9.10. The summed E-state index contributed by atoms with van der Waals surface area (Å²) in [7, 11) is 3.58. The molecular formula is C13H21BrN6O. The average molecular weight is 357 g/mol. The number of halogens is 1. The number of ether oxygens (including phenoxy) is 1. The van der Waals surface area contributed by atoms with Crippen LogP contribution in [0.2, 0.25) is 0 Å². The second-order valence-electron chi connectivity index (χ2n) is 4.75. The zero-order valence-corrected chi connectivity index (χ0v) is 14.1. The lowest BCUT2D eigenvalue weighted by atomic mass is 10.0. The molecular weight excluding hydrogens is 336 g/mol. The maximum atomic E-state index is 5.82. The maximum absolute atomic E-state index is 5.82. The SMILES string of the molecule is CCc1nn(C)cc1C(NN)c1c(Br)cnn1CCOC. The lowest BCUT2D eigenvalue weighted by Gasteiger charge is -2.18. The molecule has 8 heteroatoms. The van der Waals surface area contributed by atoms with Crippen LogP contribution in [-0.4, -0.2) is 33.3 Å². The van der Waals surface area contributed by atoms with Crippen molar-refractivity contribution in [3.63, 3.8) is 0 Å². The van der Waals surface area contributed by atoms with Crippen LogP contribution in [-0.2, 0) is 24.8 Å². The third kappa shape index (κ3) is 3.34. The summed E-state index contributed by atoms with van der Waals surface area (Å²) in [6, 6.07) is -0.178. The molecule has 2 aromatic heterocycles. The van der Waals surface area contributed by atoms with Gasteiger partial charge in [0, 0.05) is 25.9 Å². The van der Waals surface area contributed by atoms with Gasteiger partial charge in [0.05, 0.1) is 41.3 Å². The zero-order chi connectivity index (χ0) is 15.4. The van der Waals surface area contributed by atoms with Crippen LogP contribution >= 0.6 is 15.9 Å². The minimum Gasteiger partial charge on any atom is -0.383 e. The molecule has 0 aliphatic rings. The predicted octanol–water partition coefficient (Wildman–Crippen LogP) is 1.14. The van der Waals surface area contributed by atoms with E-state index in [2.05, 4.69) is 38.5 Å². The zero-order valence-electron chi connectivity index (χ0n) is 12.5. The molecule has 116 valence electrons. The Hall–Kier alpha value is -1.22. The van der Waals surface area contributed by atoms with E-state index in [1.54, 1.807) is 13.3 Å². The molecule has 0 amide bonds. The largest absolute Gasteiger partial charge is 0.383 e. The number of nitrogens with two attached hydrogens (primary N) is 1. The topological polar surface area (TPSA) is 82.9 Å². The van der Waals surface area contributed by atoms with Crippen LogP contribution in [0.25, 0.3) is 0 Å². The molecule has 7 nitrogen and oxygen atoms in total. The fourth-order valence-electron chi connectivity index (χ4n) is 2.40. The van der Waals surface area contributed by atoms with Crippen LogP contribution in [0.1, 0.15) is 29.9 Å². The summed E-state index contributed by atoms with van der Waals surface area (Å²) < 4.78 is 9.74. The van der Waals surface area contributed by atoms with E-state index in [9.17, 15) is 0 Å². The van der Waals surface area contributed by atoms with Gasteiger partial charge in [0.15, 0.2) is 0 Å². The number of hydrogen-bond acceptors (Lipinski definition) is 5. The summed E-state index contributed by atoms with van der Waals surface area (Å²) in [6.07, 6.45) is 4.61. The van der Waals surface area contributed by atoms with Crippen molar-refractivity contribution < 1.29 is 4.74 Å². The van der Waals surface area contributed by atoms with Crippen molar-refractivity contribution in [2.75, 3.05) is 13.7 Å². The molecule has 0 aliphatic heterocycles. The highest BCUT2D eigenvalue weighted by Gasteiger charge is 2.24. The summed E-state index contributed by atoms with van der Waals surface area (Å²) >= 11 is 3.55. The fraction of sp³-hybridized carbons (Fsp3) is 0.538. The Morgan fingerprint density at radius 1 is 1.52 bits per heavy atom. The van der Waals surface area contributed by atoms with Crippen LogP contribution in [0, 0.1) is 0 Å². The Bertz CT molecular complexity index is 593. The highest BCUT2D eigenvalue weighted by Crippen LogP contribution is 2.29. The van der Waals surface area contributed by atoms with Gasteiger partial charge in [-0.3, -0.25) is 15.2 Å². The number of hydrogen-bond donors (Lipinski definition) is 2. The first-order valence-corrected chi connectivity index (χ1v) is 7.60. The van der Waals surface area contributed by atoms with Crippen LogP contribution in [0.4, 0.5) is 0 Å². The molecule has 0 radical (unpaired) electrons. The molecule has 0 bridgehead atoms. The van der Waals surface area contributed by atoms with Crippen molar-refractivity contribution in [1.82, 2.24) is 25.0 Å². The number of nitrogens with zero attached hydrogens (tertiary/aromatic N) is 4. The summed E-state index contributed by atoms with van der Waals surface area (Å²) in [5.74, 6) is 5.82. The van der Waals surface area contributed by atoms with Gasteiger partial charge >= 0.3 is 0 Å². The Kier molecular flexibility index (Phi) is 5.51. The van der Waals surface area contributed by atoms with Gasteiger partial charge in [-0.2, -0.15) is 10.2 Å². The summed E-state index contributed by atoms with van der Waals surface area (Å²) in [5.41, 5.74) is 5.93. The van der Waals surface area contributed by atoms with E-state index in [1.807, 2.05) is 22.6 Å². The summed E-state index contributed by atoms with van der Waals surface area (Å²) in [4.78, 5) is 0. The average Bonchev–Trinajstić information content (AvgIpc) is 3.02. The molecule has 1 atom stereocenters. The van der Waals surface area contributed by atoms with Crippen LogP contribution in [0.5, 0.6) is 0 Å². The van der Waals surface area contributed by atoms with Crippen molar-refractivity contribution in [2.24, 2.45) is 12.9 Å². The number of aromatic nitrogens is 4. The van der Waals surface area contributed by atoms with Gasteiger partial charge in [-0.15, -0.1) is 0 Å². The molecule has 0 aliphatic carbocycles. The molecule has 0 saturated heterocycles. The lowest BCUT2D eigenvalue weighted by Crippen LogP contribution is -2.31.